The SMILES string of the molecule is CCCCCCCC/C=C\CCCCCCCC(=O)OCCNCCNc1ccc(NCCNCCO)c2c1C(=O)c1c(O)ccc(O)c1C2=O. The second kappa shape index (κ2) is 24.3. The van der Waals surface area contributed by atoms with Crippen molar-refractivity contribution in [2.45, 2.75) is 96.8 Å². The summed E-state index contributed by atoms with van der Waals surface area (Å²) in [5.74, 6) is -2.07. The number of benzene rings is 2. The lowest BCUT2D eigenvalue weighted by Crippen LogP contribution is -2.29. The summed E-state index contributed by atoms with van der Waals surface area (Å²) in [6.07, 6.45) is 20.8. The highest BCUT2D eigenvalue weighted by atomic mass is 16.5. The third-order valence-electron chi connectivity index (χ3n) is 8.98. The lowest BCUT2D eigenvalue weighted by Gasteiger charge is -2.25. The van der Waals surface area contributed by atoms with Crippen LogP contribution in [0.3, 0.4) is 0 Å². The van der Waals surface area contributed by atoms with E-state index in [1.165, 1.54) is 69.9 Å². The molecular weight excluding hydrogens is 648 g/mol. The van der Waals surface area contributed by atoms with Gasteiger partial charge in [-0.05, 0) is 56.4 Å². The maximum Gasteiger partial charge on any atom is 0.305 e. The van der Waals surface area contributed by atoms with Gasteiger partial charge in [0.2, 0.25) is 11.6 Å². The molecule has 2 aromatic rings. The van der Waals surface area contributed by atoms with Crippen molar-refractivity contribution in [2.75, 3.05) is 63.1 Å². The minimum absolute atomic E-state index is 0.000460. The zero-order chi connectivity index (χ0) is 36.7. The average Bonchev–Trinajstić information content (AvgIpc) is 3.12. The summed E-state index contributed by atoms with van der Waals surface area (Å²) < 4.78 is 5.37. The van der Waals surface area contributed by atoms with Crippen molar-refractivity contribution in [2.24, 2.45) is 0 Å². The van der Waals surface area contributed by atoms with Crippen molar-refractivity contribution >= 4 is 28.9 Å². The van der Waals surface area contributed by atoms with Crippen LogP contribution in [0.2, 0.25) is 0 Å². The number of anilines is 2. The molecule has 0 aromatic heterocycles. The molecule has 0 atom stereocenters. The molecule has 0 unspecified atom stereocenters. The van der Waals surface area contributed by atoms with E-state index >= 15 is 0 Å². The number of carbonyl (C=O) groups is 3. The summed E-state index contributed by atoms with van der Waals surface area (Å²) in [5.41, 5.74) is 0.639. The molecular formula is C40H60N4O7. The summed E-state index contributed by atoms with van der Waals surface area (Å²) >= 11 is 0. The van der Waals surface area contributed by atoms with Crippen molar-refractivity contribution < 1.29 is 34.4 Å². The number of carbonyl (C=O) groups excluding carboxylic acids is 3. The van der Waals surface area contributed by atoms with Crippen LogP contribution in [0.15, 0.2) is 36.4 Å². The Morgan fingerprint density at radius 1 is 0.627 bits per heavy atom. The zero-order valence-electron chi connectivity index (χ0n) is 30.5. The number of unbranched alkanes of at least 4 members (excludes halogenated alkanes) is 11. The van der Waals surface area contributed by atoms with Gasteiger partial charge in [-0.1, -0.05) is 70.4 Å². The van der Waals surface area contributed by atoms with Gasteiger partial charge < -0.3 is 41.3 Å². The fourth-order valence-electron chi connectivity index (χ4n) is 6.21. The van der Waals surface area contributed by atoms with Gasteiger partial charge in [-0.2, -0.15) is 0 Å². The Labute approximate surface area is 303 Å². The first-order chi connectivity index (χ1) is 24.9. The van der Waals surface area contributed by atoms with Crippen LogP contribution in [0, 0.1) is 0 Å². The van der Waals surface area contributed by atoms with Gasteiger partial charge in [0.25, 0.3) is 0 Å². The van der Waals surface area contributed by atoms with Crippen molar-refractivity contribution in [1.29, 1.82) is 0 Å². The molecule has 51 heavy (non-hydrogen) atoms. The quantitative estimate of drug-likeness (QED) is 0.0192. The lowest BCUT2D eigenvalue weighted by atomic mass is 9.81. The number of esters is 1. The van der Waals surface area contributed by atoms with Crippen molar-refractivity contribution in [3.63, 3.8) is 0 Å². The summed E-state index contributed by atoms with van der Waals surface area (Å²) in [4.78, 5) is 39.5. The Balaban J connectivity index is 1.33. The van der Waals surface area contributed by atoms with Crippen LogP contribution >= 0.6 is 0 Å². The molecule has 0 spiro atoms. The predicted octanol–water partition coefficient (Wildman–Crippen LogP) is 6.45. The molecule has 0 saturated carbocycles. The van der Waals surface area contributed by atoms with Crippen LogP contribution in [-0.2, 0) is 9.53 Å². The third-order valence-corrected chi connectivity index (χ3v) is 8.98. The number of aliphatic hydroxyl groups excluding tert-OH is 1. The van der Waals surface area contributed by atoms with Gasteiger partial charge >= 0.3 is 5.97 Å². The average molecular weight is 709 g/mol. The van der Waals surface area contributed by atoms with Crippen LogP contribution in [0.25, 0.3) is 0 Å². The minimum atomic E-state index is -0.566. The van der Waals surface area contributed by atoms with Crippen LogP contribution in [0.4, 0.5) is 11.4 Å². The monoisotopic (exact) mass is 708 g/mol. The molecule has 282 valence electrons. The second-order valence-electron chi connectivity index (χ2n) is 13.1. The molecule has 1 aliphatic rings. The van der Waals surface area contributed by atoms with E-state index in [4.69, 9.17) is 9.84 Å². The molecule has 0 bridgehead atoms. The maximum absolute atomic E-state index is 13.7. The van der Waals surface area contributed by atoms with Crippen LogP contribution < -0.4 is 21.3 Å². The van der Waals surface area contributed by atoms with Crippen molar-refractivity contribution in [3.8, 4) is 11.5 Å². The van der Waals surface area contributed by atoms with E-state index in [2.05, 4.69) is 40.3 Å². The fraction of sp³-hybridized carbons (Fsp3) is 0.575. The number of aliphatic hydroxyl groups is 1. The maximum atomic E-state index is 13.7. The molecule has 1 aliphatic carbocycles. The topological polar surface area (TPSA) is 169 Å². The van der Waals surface area contributed by atoms with Gasteiger partial charge in [0.1, 0.15) is 18.1 Å². The largest absolute Gasteiger partial charge is 0.507 e. The molecule has 11 heteroatoms. The summed E-state index contributed by atoms with van der Waals surface area (Å²) in [6, 6.07) is 5.80. The molecule has 7 N–H and O–H groups in total. The van der Waals surface area contributed by atoms with Crippen molar-refractivity contribution in [3.05, 3.63) is 58.7 Å². The van der Waals surface area contributed by atoms with Gasteiger partial charge in [0.05, 0.1) is 28.9 Å². The minimum Gasteiger partial charge on any atom is -0.507 e. The van der Waals surface area contributed by atoms with Gasteiger partial charge in [0, 0.05) is 57.1 Å². The van der Waals surface area contributed by atoms with Crippen LogP contribution in [0.1, 0.15) is 129 Å². The van der Waals surface area contributed by atoms with Crippen LogP contribution in [-0.4, -0.2) is 85.3 Å². The third kappa shape index (κ3) is 14.0. The van der Waals surface area contributed by atoms with E-state index in [9.17, 15) is 24.6 Å². The Hall–Kier alpha value is -3.93. The highest BCUT2D eigenvalue weighted by molar-refractivity contribution is 6.33. The van der Waals surface area contributed by atoms with E-state index in [1.54, 1.807) is 12.1 Å². The highest BCUT2D eigenvalue weighted by Crippen LogP contribution is 2.42. The molecule has 0 radical (unpaired) electrons. The lowest BCUT2D eigenvalue weighted by molar-refractivity contribution is -0.143. The molecule has 0 amide bonds. The standard InChI is InChI=1S/C40H60N4O7/c1-2-3-4-5-6-7-8-9-10-11-12-13-14-15-16-17-34(48)51-29-27-42-23-25-44-31-19-18-30(43-24-22-41-26-28-45)35-36(31)40(50)38-33(47)21-20-32(46)37(38)39(35)49/h9-10,18-21,41-47H,2-8,11-17,22-29H2,1H3/b10-9-. The predicted molar refractivity (Wildman–Crippen MR) is 203 cm³/mol. The van der Waals surface area contributed by atoms with E-state index in [0.717, 1.165) is 25.7 Å². The number of phenolic OH excluding ortho intramolecular Hbond substituents is 2. The summed E-state index contributed by atoms with van der Waals surface area (Å²) in [6.45, 7) is 5.26. The highest BCUT2D eigenvalue weighted by Gasteiger charge is 2.37. The number of hydrogen-bond acceptors (Lipinski definition) is 11. The van der Waals surface area contributed by atoms with Crippen molar-refractivity contribution in [1.82, 2.24) is 10.6 Å². The van der Waals surface area contributed by atoms with E-state index in [1.807, 2.05) is 0 Å². The van der Waals surface area contributed by atoms with Gasteiger partial charge in [0.15, 0.2) is 0 Å². The van der Waals surface area contributed by atoms with E-state index in [0.29, 0.717) is 57.1 Å². The number of phenols is 2. The zero-order valence-corrected chi connectivity index (χ0v) is 30.5. The molecule has 11 nitrogen and oxygen atoms in total. The smallest absolute Gasteiger partial charge is 0.305 e. The van der Waals surface area contributed by atoms with E-state index < -0.39 is 11.6 Å². The Kier molecular flexibility index (Phi) is 19.8. The Bertz CT molecular complexity index is 1410. The molecule has 3 rings (SSSR count). The second-order valence-corrected chi connectivity index (χ2v) is 13.1. The molecule has 0 fully saturated rings. The molecule has 0 aliphatic heterocycles. The first-order valence-corrected chi connectivity index (χ1v) is 19.0. The number of nitrogens with one attached hydrogen (secondary N) is 4. The van der Waals surface area contributed by atoms with E-state index in [-0.39, 0.29) is 52.9 Å². The summed E-state index contributed by atoms with van der Waals surface area (Å²) in [5, 5.41) is 42.5. The van der Waals surface area contributed by atoms with Crippen LogP contribution in [0.5, 0.6) is 11.5 Å². The Morgan fingerprint density at radius 2 is 1.12 bits per heavy atom. The summed E-state index contributed by atoms with van der Waals surface area (Å²) in [7, 11) is 0. The number of ketones is 2. The normalized spacial score (nSPS) is 12.3. The number of ether oxygens (including phenoxy) is 1. The first kappa shape index (κ1) is 41.5. The number of rotatable bonds is 28. The number of allylic oxidation sites excluding steroid dienone is 2. The van der Waals surface area contributed by atoms with Gasteiger partial charge in [-0.25, -0.2) is 0 Å². The first-order valence-electron chi connectivity index (χ1n) is 19.0. The fourth-order valence-corrected chi connectivity index (χ4v) is 6.21. The van der Waals surface area contributed by atoms with Gasteiger partial charge in [-0.3, -0.25) is 14.4 Å². The number of fused-ring (bicyclic) bond motifs is 2. The Morgan fingerprint density at radius 3 is 1.65 bits per heavy atom. The number of hydrogen-bond donors (Lipinski definition) is 7. The molecule has 2 aromatic carbocycles. The molecule has 0 saturated heterocycles. The molecule has 0 heterocycles. The van der Waals surface area contributed by atoms with Gasteiger partial charge in [-0.15, -0.1) is 0 Å². The number of aromatic hydroxyl groups is 2.